The third kappa shape index (κ3) is 3.07. The predicted molar refractivity (Wildman–Crippen MR) is 165 cm³/mol. The molecule has 0 spiro atoms. The highest BCUT2D eigenvalue weighted by atomic mass is 15.5. The zero-order valence-electron chi connectivity index (χ0n) is 22.9. The molecule has 0 N–H and O–H groups in total. The van der Waals surface area contributed by atoms with Crippen LogP contribution in [0.1, 0.15) is 23.5 Å². The Labute approximate surface area is 240 Å². The number of hydrogen-bond donors (Lipinski definition) is 0. The van der Waals surface area contributed by atoms with Crippen LogP contribution < -0.4 is 19.6 Å². The number of rotatable bonds is 1. The minimum absolute atomic E-state index is 0.0280. The van der Waals surface area contributed by atoms with E-state index in [1.165, 1.54) is 39.6 Å². The van der Waals surface area contributed by atoms with Crippen molar-refractivity contribution < 1.29 is 0 Å². The van der Waals surface area contributed by atoms with Gasteiger partial charge in [0.15, 0.2) is 11.6 Å². The fourth-order valence-corrected chi connectivity index (χ4v) is 8.04. The molecule has 5 heterocycles. The first-order chi connectivity index (χ1) is 20.3. The molecular weight excluding hydrogens is 504 g/mol. The van der Waals surface area contributed by atoms with Crippen molar-refractivity contribution in [2.45, 2.75) is 31.1 Å². The van der Waals surface area contributed by atoms with Crippen LogP contribution in [0.15, 0.2) is 116 Å². The molecule has 4 aliphatic rings. The number of para-hydroxylation sites is 5. The molecule has 4 atom stereocenters. The lowest BCUT2D eigenvalue weighted by molar-refractivity contribution is 0.271. The molecule has 6 nitrogen and oxygen atoms in total. The number of anilines is 7. The van der Waals surface area contributed by atoms with Crippen LogP contribution >= 0.6 is 0 Å². The first-order valence-electron chi connectivity index (χ1n) is 14.5. The van der Waals surface area contributed by atoms with Crippen LogP contribution in [0.25, 0.3) is 0 Å². The highest BCUT2D eigenvalue weighted by Crippen LogP contribution is 2.60. The summed E-state index contributed by atoms with van der Waals surface area (Å²) >= 11 is 0. The van der Waals surface area contributed by atoms with Gasteiger partial charge in [-0.2, -0.15) is 0 Å². The maximum Gasteiger partial charge on any atom is 0.178 e. The van der Waals surface area contributed by atoms with E-state index in [2.05, 4.69) is 130 Å². The van der Waals surface area contributed by atoms with E-state index < -0.39 is 0 Å². The van der Waals surface area contributed by atoms with Crippen molar-refractivity contribution in [2.24, 2.45) is 5.92 Å². The molecule has 1 aromatic heterocycles. The summed E-state index contributed by atoms with van der Waals surface area (Å²) < 4.78 is 0. The smallest absolute Gasteiger partial charge is 0.178 e. The summed E-state index contributed by atoms with van der Waals surface area (Å²) in [6, 6.07) is 37.8. The molecule has 0 saturated heterocycles. The van der Waals surface area contributed by atoms with E-state index in [4.69, 9.17) is 9.97 Å². The van der Waals surface area contributed by atoms with Gasteiger partial charge in [-0.15, -0.1) is 0 Å². The van der Waals surface area contributed by atoms with Crippen LogP contribution in [0.5, 0.6) is 0 Å². The zero-order chi connectivity index (χ0) is 27.1. The topological polar surface area (TPSA) is 38.7 Å². The lowest BCUT2D eigenvalue weighted by Crippen LogP contribution is -2.60. The third-order valence-electron chi connectivity index (χ3n) is 9.57. The van der Waals surface area contributed by atoms with Gasteiger partial charge in [0.1, 0.15) is 12.3 Å². The van der Waals surface area contributed by atoms with Crippen molar-refractivity contribution in [1.82, 2.24) is 9.97 Å². The van der Waals surface area contributed by atoms with Gasteiger partial charge in [-0.05, 0) is 66.3 Å². The number of aromatic nitrogens is 2. The molecule has 0 fully saturated rings. The van der Waals surface area contributed by atoms with Crippen molar-refractivity contribution >= 4 is 40.1 Å². The average Bonchev–Trinajstić information content (AvgIpc) is 3.51. The molecule has 200 valence electrons. The molecule has 4 aromatic carbocycles. The highest BCUT2D eigenvalue weighted by molar-refractivity contribution is 5.91. The van der Waals surface area contributed by atoms with E-state index in [0.29, 0.717) is 5.92 Å². The van der Waals surface area contributed by atoms with Gasteiger partial charge in [-0.1, -0.05) is 66.7 Å². The average molecular weight is 535 g/mol. The van der Waals surface area contributed by atoms with E-state index in [0.717, 1.165) is 24.5 Å². The number of nitrogens with zero attached hydrogens (tertiary/aromatic N) is 6. The minimum Gasteiger partial charge on any atom is -0.335 e. The van der Waals surface area contributed by atoms with Crippen LogP contribution in [-0.2, 0) is 6.42 Å². The maximum absolute atomic E-state index is 4.94. The summed E-state index contributed by atoms with van der Waals surface area (Å²) in [5.41, 5.74) is 9.10. The first kappa shape index (κ1) is 22.9. The molecule has 4 unspecified atom stereocenters. The number of benzene rings is 4. The van der Waals surface area contributed by atoms with E-state index in [-0.39, 0.29) is 18.2 Å². The van der Waals surface area contributed by atoms with E-state index in [9.17, 15) is 0 Å². The molecule has 5 aromatic rings. The van der Waals surface area contributed by atoms with E-state index in [1.807, 2.05) is 12.4 Å². The van der Waals surface area contributed by atoms with Gasteiger partial charge < -0.3 is 19.6 Å². The Bertz CT molecular complexity index is 1790. The lowest BCUT2D eigenvalue weighted by atomic mass is 9.72. The van der Waals surface area contributed by atoms with Gasteiger partial charge in [0.2, 0.25) is 0 Å². The quantitative estimate of drug-likeness (QED) is 0.224. The second kappa shape index (κ2) is 8.58. The third-order valence-corrected chi connectivity index (χ3v) is 9.57. The Balaban J connectivity index is 1.34. The van der Waals surface area contributed by atoms with E-state index >= 15 is 0 Å². The number of aryl methyl sites for hydroxylation is 1. The van der Waals surface area contributed by atoms with Gasteiger partial charge in [0.25, 0.3) is 0 Å². The second-order valence-corrected chi connectivity index (χ2v) is 11.5. The summed E-state index contributed by atoms with van der Waals surface area (Å²) in [6.07, 6.45) is 5.85. The van der Waals surface area contributed by atoms with E-state index in [1.54, 1.807) is 0 Å². The van der Waals surface area contributed by atoms with Crippen LogP contribution in [0.3, 0.4) is 0 Å². The molecule has 6 heteroatoms. The largest absolute Gasteiger partial charge is 0.335 e. The predicted octanol–water partition coefficient (Wildman–Crippen LogP) is 7.37. The van der Waals surface area contributed by atoms with Gasteiger partial charge in [-0.3, -0.25) is 0 Å². The second-order valence-electron chi connectivity index (χ2n) is 11.5. The van der Waals surface area contributed by atoms with Gasteiger partial charge in [0, 0.05) is 42.4 Å². The lowest BCUT2D eigenvalue weighted by Gasteiger charge is -2.52. The standard InChI is InChI=1S/C35H30N6/c1-38-32-33(37-22-21-36-32)41-27-15-7-5-11-23(27)19-20-26-25-14-6-8-16-28(25)40-30-18-10-9-17-29(30)39(24-12-3-2-4-13-24)35(40)31(26)34(38)41/h2-18,21-22,26,31,34-35H,19-20H2,1H3. The van der Waals surface area contributed by atoms with Crippen molar-refractivity contribution in [3.8, 4) is 0 Å². The van der Waals surface area contributed by atoms with Crippen molar-refractivity contribution in [3.05, 3.63) is 127 Å². The minimum atomic E-state index is 0.0280. The number of hydrogen-bond acceptors (Lipinski definition) is 6. The van der Waals surface area contributed by atoms with Gasteiger partial charge in [-0.25, -0.2) is 9.97 Å². The van der Waals surface area contributed by atoms with Gasteiger partial charge >= 0.3 is 0 Å². The molecule has 4 aliphatic heterocycles. The molecule has 0 saturated carbocycles. The Morgan fingerprint density at radius 2 is 1.22 bits per heavy atom. The van der Waals surface area contributed by atoms with Crippen LogP contribution in [-0.4, -0.2) is 29.3 Å². The van der Waals surface area contributed by atoms with Crippen molar-refractivity contribution in [1.29, 1.82) is 0 Å². The molecular formula is C35H30N6. The Kier molecular flexibility index (Phi) is 4.80. The monoisotopic (exact) mass is 534 g/mol. The molecule has 41 heavy (non-hydrogen) atoms. The summed E-state index contributed by atoms with van der Waals surface area (Å²) in [5.74, 6) is 2.44. The van der Waals surface area contributed by atoms with Crippen molar-refractivity contribution in [3.63, 3.8) is 0 Å². The summed E-state index contributed by atoms with van der Waals surface area (Å²) in [4.78, 5) is 19.9. The molecule has 9 rings (SSSR count). The zero-order valence-corrected chi connectivity index (χ0v) is 22.9. The molecule has 0 radical (unpaired) electrons. The van der Waals surface area contributed by atoms with Gasteiger partial charge in [0.05, 0.1) is 11.4 Å². The number of fused-ring (bicyclic) bond motifs is 14. The first-order valence-corrected chi connectivity index (χ1v) is 14.5. The highest BCUT2D eigenvalue weighted by Gasteiger charge is 2.57. The molecule has 0 amide bonds. The Morgan fingerprint density at radius 1 is 0.585 bits per heavy atom. The van der Waals surface area contributed by atoms with Crippen LogP contribution in [0.2, 0.25) is 0 Å². The Morgan fingerprint density at radius 3 is 2.02 bits per heavy atom. The fraction of sp³-hybridized carbons (Fsp3) is 0.200. The van der Waals surface area contributed by atoms with Crippen LogP contribution in [0.4, 0.5) is 40.1 Å². The SMILES string of the molecule is CN1c2nccnc2N2c3ccccc3CCC3c4ccccc4N4c5ccccc5N(c5ccccc5)C4C3C12. The fourth-order valence-electron chi connectivity index (χ4n) is 8.04. The summed E-state index contributed by atoms with van der Waals surface area (Å²) in [5, 5.41) is 0. The summed E-state index contributed by atoms with van der Waals surface area (Å²) in [6.45, 7) is 0. The van der Waals surface area contributed by atoms with Crippen molar-refractivity contribution in [2.75, 3.05) is 26.6 Å². The maximum atomic E-state index is 4.94. The summed E-state index contributed by atoms with van der Waals surface area (Å²) in [7, 11) is 2.21. The molecule has 0 aliphatic carbocycles. The van der Waals surface area contributed by atoms with Crippen LogP contribution in [0, 0.1) is 5.92 Å². The normalized spacial score (nSPS) is 23.3. The Hall–Kier alpha value is -4.84. The molecule has 0 bridgehead atoms.